The van der Waals surface area contributed by atoms with Crippen molar-refractivity contribution in [3.05, 3.63) is 78.5 Å². The van der Waals surface area contributed by atoms with Crippen molar-refractivity contribution in [1.29, 1.82) is 0 Å². The van der Waals surface area contributed by atoms with E-state index in [1.165, 1.54) is 4.57 Å². The highest BCUT2D eigenvalue weighted by Gasteiger charge is 2.46. The van der Waals surface area contributed by atoms with Crippen LogP contribution < -0.4 is 16.6 Å². The molecule has 10 nitrogen and oxygen atoms in total. The number of imidazole rings is 1. The van der Waals surface area contributed by atoms with Crippen molar-refractivity contribution >= 4 is 52.1 Å². The Kier molecular flexibility index (Phi) is 6.55. The Bertz CT molecular complexity index is 1660. The third-order valence-electron chi connectivity index (χ3n) is 6.45. The summed E-state index contributed by atoms with van der Waals surface area (Å²) in [5, 5.41) is 3.87. The molecule has 0 radical (unpaired) electrons. The molecule has 1 saturated carbocycles. The summed E-state index contributed by atoms with van der Waals surface area (Å²) in [5.41, 5.74) is 0.946. The van der Waals surface area contributed by atoms with E-state index in [-0.39, 0.29) is 35.5 Å². The molecular formula is C25H24Cl2N6O4. The van der Waals surface area contributed by atoms with Crippen molar-refractivity contribution in [3.8, 4) is 0 Å². The number of pyridine rings is 1. The van der Waals surface area contributed by atoms with Crippen LogP contribution in [0.2, 0.25) is 10.0 Å². The summed E-state index contributed by atoms with van der Waals surface area (Å²) in [6, 6.07) is 10.4. The van der Waals surface area contributed by atoms with E-state index >= 15 is 0 Å². The molecule has 0 aliphatic heterocycles. The fourth-order valence-electron chi connectivity index (χ4n) is 4.39. The monoisotopic (exact) mass is 542 g/mol. The van der Waals surface area contributed by atoms with Crippen LogP contribution in [0.15, 0.2) is 46.0 Å². The number of benzene rings is 1. The molecule has 5 rings (SSSR count). The van der Waals surface area contributed by atoms with Crippen LogP contribution in [0.5, 0.6) is 0 Å². The SMILES string of the molecule is CCOC(=O)C1CC1c1cccc(Nc2nc3c(c(=O)n(Cc4ccc(Cl)c(Cl)c4)c(=O)n3C)n2C)n1. The lowest BCUT2D eigenvalue weighted by Crippen LogP contribution is -2.39. The quantitative estimate of drug-likeness (QED) is 0.355. The number of nitrogens with zero attached hydrogens (tertiary/aromatic N) is 5. The summed E-state index contributed by atoms with van der Waals surface area (Å²) in [6.07, 6.45) is 0.696. The van der Waals surface area contributed by atoms with Gasteiger partial charge >= 0.3 is 11.7 Å². The molecule has 1 aliphatic rings. The molecule has 2 unspecified atom stereocenters. The first-order valence-electron chi connectivity index (χ1n) is 11.7. The average Bonchev–Trinajstić information content (AvgIpc) is 3.62. The normalized spacial score (nSPS) is 16.7. The van der Waals surface area contributed by atoms with Crippen molar-refractivity contribution in [2.24, 2.45) is 20.0 Å². The molecule has 0 spiro atoms. The van der Waals surface area contributed by atoms with Crippen LogP contribution in [-0.2, 0) is 30.2 Å². The molecule has 2 atom stereocenters. The van der Waals surface area contributed by atoms with Gasteiger partial charge in [-0.15, -0.1) is 0 Å². The van der Waals surface area contributed by atoms with Gasteiger partial charge in [-0.1, -0.05) is 35.3 Å². The molecule has 1 N–H and O–H groups in total. The van der Waals surface area contributed by atoms with Crippen molar-refractivity contribution in [3.63, 3.8) is 0 Å². The Morgan fingerprint density at radius 1 is 1.11 bits per heavy atom. The number of anilines is 2. The molecule has 1 aliphatic carbocycles. The molecule has 3 aromatic heterocycles. The Morgan fingerprint density at radius 2 is 1.89 bits per heavy atom. The van der Waals surface area contributed by atoms with Crippen LogP contribution in [0.25, 0.3) is 11.2 Å². The number of hydrogen-bond donors (Lipinski definition) is 1. The lowest BCUT2D eigenvalue weighted by atomic mass is 10.2. The number of halogens is 2. The van der Waals surface area contributed by atoms with Gasteiger partial charge in [0.05, 0.1) is 29.1 Å². The van der Waals surface area contributed by atoms with Crippen LogP contribution in [0, 0.1) is 5.92 Å². The summed E-state index contributed by atoms with van der Waals surface area (Å²) in [4.78, 5) is 47.6. The van der Waals surface area contributed by atoms with E-state index in [0.29, 0.717) is 40.4 Å². The lowest BCUT2D eigenvalue weighted by molar-refractivity contribution is -0.144. The molecular weight excluding hydrogens is 519 g/mol. The minimum atomic E-state index is -0.507. The zero-order valence-corrected chi connectivity index (χ0v) is 21.9. The maximum Gasteiger partial charge on any atom is 0.332 e. The zero-order chi connectivity index (χ0) is 26.4. The first-order chi connectivity index (χ1) is 17.7. The highest BCUT2D eigenvalue weighted by atomic mass is 35.5. The summed E-state index contributed by atoms with van der Waals surface area (Å²) in [7, 11) is 3.25. The molecule has 0 amide bonds. The van der Waals surface area contributed by atoms with Gasteiger partial charge < -0.3 is 14.6 Å². The first kappa shape index (κ1) is 25.0. The molecule has 1 aromatic carbocycles. The molecule has 0 saturated heterocycles. The highest BCUT2D eigenvalue weighted by Crippen LogP contribution is 2.47. The number of esters is 1. The van der Waals surface area contributed by atoms with Crippen LogP contribution in [0.4, 0.5) is 11.8 Å². The summed E-state index contributed by atoms with van der Waals surface area (Å²) in [6.45, 7) is 2.16. The predicted octanol–water partition coefficient (Wildman–Crippen LogP) is 3.59. The van der Waals surface area contributed by atoms with Crippen LogP contribution in [0.1, 0.15) is 30.5 Å². The van der Waals surface area contributed by atoms with Crippen LogP contribution in [0.3, 0.4) is 0 Å². The summed E-state index contributed by atoms with van der Waals surface area (Å²) >= 11 is 12.1. The topological polar surface area (TPSA) is 113 Å². The van der Waals surface area contributed by atoms with Gasteiger partial charge in [0, 0.05) is 25.7 Å². The summed E-state index contributed by atoms with van der Waals surface area (Å²) in [5.74, 6) is 0.474. The molecule has 0 bridgehead atoms. The number of rotatable bonds is 7. The predicted molar refractivity (Wildman–Crippen MR) is 141 cm³/mol. The van der Waals surface area contributed by atoms with Gasteiger partial charge in [-0.2, -0.15) is 4.98 Å². The second kappa shape index (κ2) is 9.68. The second-order valence-electron chi connectivity index (χ2n) is 8.92. The van der Waals surface area contributed by atoms with Gasteiger partial charge in [0.25, 0.3) is 5.56 Å². The number of nitrogens with one attached hydrogen (secondary N) is 1. The van der Waals surface area contributed by atoms with Gasteiger partial charge in [-0.25, -0.2) is 9.78 Å². The maximum atomic E-state index is 13.4. The van der Waals surface area contributed by atoms with Gasteiger partial charge in [-0.3, -0.25) is 18.7 Å². The second-order valence-corrected chi connectivity index (χ2v) is 9.74. The van der Waals surface area contributed by atoms with Gasteiger partial charge in [0.2, 0.25) is 5.95 Å². The standard InChI is InChI=1S/C25H24Cl2N6O4/c1-4-37-23(35)15-11-14(15)18-6-5-7-19(28-18)29-24-30-21-20(31(24)2)22(34)33(25(36)32(21)3)12-13-8-9-16(26)17(27)10-13/h5-10,14-15H,4,11-12H2,1-3H3,(H,28,29,30). The maximum absolute atomic E-state index is 13.4. The van der Waals surface area contributed by atoms with Gasteiger partial charge in [-0.05, 0) is 43.2 Å². The fraction of sp³-hybridized carbons (Fsp3) is 0.320. The van der Waals surface area contributed by atoms with Gasteiger partial charge in [0.15, 0.2) is 11.2 Å². The summed E-state index contributed by atoms with van der Waals surface area (Å²) < 4.78 is 9.17. The third kappa shape index (κ3) is 4.62. The number of carbonyl (C=O) groups excluding carboxylic acids is 1. The molecule has 37 heavy (non-hydrogen) atoms. The molecule has 1 fully saturated rings. The van der Waals surface area contributed by atoms with Crippen molar-refractivity contribution in [2.75, 3.05) is 11.9 Å². The Hall–Kier alpha value is -3.63. The Morgan fingerprint density at radius 3 is 2.62 bits per heavy atom. The molecule has 12 heteroatoms. The van der Waals surface area contributed by atoms with Gasteiger partial charge in [0.1, 0.15) is 5.82 Å². The molecule has 4 aromatic rings. The van der Waals surface area contributed by atoms with E-state index < -0.39 is 11.2 Å². The number of aryl methyl sites for hydroxylation is 2. The number of aromatic nitrogens is 5. The van der Waals surface area contributed by atoms with E-state index in [2.05, 4.69) is 15.3 Å². The van der Waals surface area contributed by atoms with E-state index in [1.807, 2.05) is 12.1 Å². The number of carbonyl (C=O) groups is 1. The largest absolute Gasteiger partial charge is 0.466 e. The number of fused-ring (bicyclic) bond motifs is 1. The lowest BCUT2D eigenvalue weighted by Gasteiger charge is -2.09. The van der Waals surface area contributed by atoms with E-state index in [0.717, 1.165) is 10.3 Å². The minimum Gasteiger partial charge on any atom is -0.466 e. The zero-order valence-electron chi connectivity index (χ0n) is 20.4. The van der Waals surface area contributed by atoms with Crippen molar-refractivity contribution < 1.29 is 9.53 Å². The smallest absolute Gasteiger partial charge is 0.332 e. The first-order valence-corrected chi connectivity index (χ1v) is 12.5. The number of ether oxygens (including phenoxy) is 1. The fourth-order valence-corrected chi connectivity index (χ4v) is 4.71. The third-order valence-corrected chi connectivity index (χ3v) is 7.19. The van der Waals surface area contributed by atoms with Crippen LogP contribution >= 0.6 is 23.2 Å². The Balaban J connectivity index is 1.47. The van der Waals surface area contributed by atoms with Crippen molar-refractivity contribution in [1.82, 2.24) is 23.7 Å². The van der Waals surface area contributed by atoms with Crippen LogP contribution in [-0.4, -0.2) is 36.2 Å². The molecule has 3 heterocycles. The molecule has 192 valence electrons. The van der Waals surface area contributed by atoms with E-state index in [9.17, 15) is 14.4 Å². The minimum absolute atomic E-state index is 0.00985. The van der Waals surface area contributed by atoms with E-state index in [4.69, 9.17) is 27.9 Å². The average molecular weight is 543 g/mol. The van der Waals surface area contributed by atoms with E-state index in [1.54, 1.807) is 49.9 Å². The Labute approximate surface area is 221 Å². The van der Waals surface area contributed by atoms with Crippen molar-refractivity contribution in [2.45, 2.75) is 25.8 Å². The number of hydrogen-bond acceptors (Lipinski definition) is 7. The highest BCUT2D eigenvalue weighted by molar-refractivity contribution is 6.42.